The number of benzene rings is 1. The number of amides is 2. The van der Waals surface area contributed by atoms with Crippen LogP contribution in [0.4, 0.5) is 18.9 Å². The molecule has 0 unspecified atom stereocenters. The van der Waals surface area contributed by atoms with Crippen molar-refractivity contribution in [1.29, 1.82) is 0 Å². The summed E-state index contributed by atoms with van der Waals surface area (Å²) in [7, 11) is 0. The molecule has 0 radical (unpaired) electrons. The molecular formula is C16H16F3N3O4S. The molecular weight excluding hydrogens is 387 g/mol. The van der Waals surface area contributed by atoms with Crippen LogP contribution in [-0.4, -0.2) is 59.8 Å². The van der Waals surface area contributed by atoms with Crippen molar-refractivity contribution < 1.29 is 32.2 Å². The van der Waals surface area contributed by atoms with Crippen LogP contribution in [0.1, 0.15) is 6.42 Å². The lowest BCUT2D eigenvalue weighted by Crippen LogP contribution is -2.39. The number of morpholine rings is 1. The van der Waals surface area contributed by atoms with Gasteiger partial charge in [-0.3, -0.25) is 9.59 Å². The van der Waals surface area contributed by atoms with Gasteiger partial charge in [-0.2, -0.15) is 4.99 Å². The van der Waals surface area contributed by atoms with Gasteiger partial charge in [0.05, 0.1) is 13.2 Å². The van der Waals surface area contributed by atoms with E-state index in [1.807, 2.05) is 4.90 Å². The van der Waals surface area contributed by atoms with E-state index in [1.54, 1.807) is 0 Å². The number of halogens is 3. The molecule has 2 heterocycles. The molecule has 2 aliphatic heterocycles. The minimum Gasteiger partial charge on any atom is -0.406 e. The van der Waals surface area contributed by atoms with E-state index in [0.717, 1.165) is 12.1 Å². The molecule has 1 aromatic carbocycles. The summed E-state index contributed by atoms with van der Waals surface area (Å²) >= 11 is 1.24. The first-order valence-corrected chi connectivity index (χ1v) is 8.96. The third kappa shape index (κ3) is 5.60. The zero-order chi connectivity index (χ0) is 19.4. The third-order valence-corrected chi connectivity index (χ3v) is 4.97. The summed E-state index contributed by atoms with van der Waals surface area (Å²) in [5.41, 5.74) is 0.305. The number of nitrogens with zero attached hydrogens (tertiary/aromatic N) is 2. The molecule has 3 rings (SSSR count). The van der Waals surface area contributed by atoms with Crippen LogP contribution in [0.2, 0.25) is 0 Å². The van der Waals surface area contributed by atoms with Gasteiger partial charge in [0, 0.05) is 25.2 Å². The van der Waals surface area contributed by atoms with Gasteiger partial charge >= 0.3 is 6.36 Å². The second kappa shape index (κ2) is 8.17. The van der Waals surface area contributed by atoms with Gasteiger partial charge in [-0.05, 0) is 24.3 Å². The van der Waals surface area contributed by atoms with Gasteiger partial charge in [-0.1, -0.05) is 11.8 Å². The van der Waals surface area contributed by atoms with E-state index >= 15 is 0 Å². The highest BCUT2D eigenvalue weighted by Gasteiger charge is 2.33. The number of thioether (sulfide) groups is 1. The van der Waals surface area contributed by atoms with Crippen LogP contribution in [0, 0.1) is 0 Å². The van der Waals surface area contributed by atoms with Crippen molar-refractivity contribution in [3.05, 3.63) is 24.3 Å². The number of carbonyl (C=O) groups excluding carboxylic acids is 2. The SMILES string of the molecule is O=C(C[C@@H]1SC(N2CCOCC2)=NC1=O)Nc1ccc(OC(F)(F)F)cc1. The molecule has 0 bridgehead atoms. The summed E-state index contributed by atoms with van der Waals surface area (Å²) in [4.78, 5) is 30.1. The van der Waals surface area contributed by atoms with Gasteiger partial charge in [-0.25, -0.2) is 0 Å². The standard InChI is InChI=1S/C16H16F3N3O4S/c17-16(18,19)26-11-3-1-10(2-4-11)20-13(23)9-12-14(24)21-15(27-12)22-5-7-25-8-6-22/h1-4,12H,5-9H2,(H,20,23)/t12-/m0/s1. The van der Waals surface area contributed by atoms with Crippen LogP contribution in [0.3, 0.4) is 0 Å². The van der Waals surface area contributed by atoms with Crippen molar-refractivity contribution in [2.75, 3.05) is 31.6 Å². The Kier molecular flexibility index (Phi) is 5.90. The van der Waals surface area contributed by atoms with Crippen LogP contribution < -0.4 is 10.1 Å². The summed E-state index contributed by atoms with van der Waals surface area (Å²) in [5.74, 6) is -1.18. The summed E-state index contributed by atoms with van der Waals surface area (Å²) in [6.45, 7) is 2.41. The Bertz CT molecular complexity index is 733. The number of ether oxygens (including phenoxy) is 2. The highest BCUT2D eigenvalue weighted by Crippen LogP contribution is 2.28. The van der Waals surface area contributed by atoms with E-state index in [9.17, 15) is 22.8 Å². The van der Waals surface area contributed by atoms with E-state index in [2.05, 4.69) is 15.0 Å². The van der Waals surface area contributed by atoms with Crippen molar-refractivity contribution >= 4 is 34.4 Å². The van der Waals surface area contributed by atoms with Gasteiger partial charge in [0.2, 0.25) is 5.91 Å². The first kappa shape index (κ1) is 19.5. The number of nitrogens with one attached hydrogen (secondary N) is 1. The van der Waals surface area contributed by atoms with Gasteiger partial charge in [0.15, 0.2) is 5.17 Å². The van der Waals surface area contributed by atoms with Crippen LogP contribution >= 0.6 is 11.8 Å². The first-order valence-electron chi connectivity index (χ1n) is 8.08. The maximum atomic E-state index is 12.1. The third-order valence-electron chi connectivity index (χ3n) is 3.75. The van der Waals surface area contributed by atoms with Gasteiger partial charge in [0.25, 0.3) is 5.91 Å². The lowest BCUT2D eigenvalue weighted by Gasteiger charge is -2.27. The highest BCUT2D eigenvalue weighted by molar-refractivity contribution is 8.15. The Morgan fingerprint density at radius 3 is 2.59 bits per heavy atom. The molecule has 0 aromatic heterocycles. The van der Waals surface area contributed by atoms with Crippen molar-refractivity contribution in [2.45, 2.75) is 18.0 Å². The maximum absolute atomic E-state index is 12.1. The van der Waals surface area contributed by atoms with Crippen molar-refractivity contribution in [1.82, 2.24) is 4.90 Å². The minimum absolute atomic E-state index is 0.0817. The second-order valence-electron chi connectivity index (χ2n) is 5.76. The Hall–Kier alpha value is -2.27. The minimum atomic E-state index is -4.77. The predicted octanol–water partition coefficient (Wildman–Crippen LogP) is 2.24. The summed E-state index contributed by atoms with van der Waals surface area (Å²) < 4.78 is 45.4. The smallest absolute Gasteiger partial charge is 0.406 e. The van der Waals surface area contributed by atoms with E-state index in [4.69, 9.17) is 4.74 Å². The number of anilines is 1. The van der Waals surface area contributed by atoms with Crippen LogP contribution in [-0.2, 0) is 14.3 Å². The summed E-state index contributed by atoms with van der Waals surface area (Å²) in [6.07, 6.45) is -4.86. The average Bonchev–Trinajstić information content (AvgIpc) is 2.97. The van der Waals surface area contributed by atoms with Crippen molar-refractivity contribution in [2.24, 2.45) is 4.99 Å². The lowest BCUT2D eigenvalue weighted by molar-refractivity contribution is -0.274. The maximum Gasteiger partial charge on any atom is 0.573 e. The fourth-order valence-corrected chi connectivity index (χ4v) is 3.64. The molecule has 7 nitrogen and oxygen atoms in total. The first-order chi connectivity index (χ1) is 12.8. The highest BCUT2D eigenvalue weighted by atomic mass is 32.2. The number of rotatable bonds is 4. The zero-order valence-corrected chi connectivity index (χ0v) is 14.8. The molecule has 0 saturated carbocycles. The Balaban J connectivity index is 1.50. The Labute approximate surface area is 156 Å². The molecule has 1 N–H and O–H groups in total. The topological polar surface area (TPSA) is 80.2 Å². The lowest BCUT2D eigenvalue weighted by atomic mass is 10.2. The largest absolute Gasteiger partial charge is 0.573 e. The molecule has 11 heteroatoms. The Morgan fingerprint density at radius 2 is 1.96 bits per heavy atom. The molecule has 146 valence electrons. The predicted molar refractivity (Wildman–Crippen MR) is 92.6 cm³/mol. The Morgan fingerprint density at radius 1 is 1.30 bits per heavy atom. The molecule has 27 heavy (non-hydrogen) atoms. The molecule has 1 aromatic rings. The molecule has 1 saturated heterocycles. The van der Waals surface area contributed by atoms with E-state index in [0.29, 0.717) is 37.2 Å². The van der Waals surface area contributed by atoms with Crippen molar-refractivity contribution in [3.8, 4) is 5.75 Å². The van der Waals surface area contributed by atoms with Crippen molar-refractivity contribution in [3.63, 3.8) is 0 Å². The number of hydrogen-bond donors (Lipinski definition) is 1. The van der Waals surface area contributed by atoms with Crippen LogP contribution in [0.5, 0.6) is 5.75 Å². The number of amidine groups is 1. The fourth-order valence-electron chi connectivity index (χ4n) is 2.52. The molecule has 0 spiro atoms. The quantitative estimate of drug-likeness (QED) is 0.831. The number of hydrogen-bond acceptors (Lipinski definition) is 6. The van der Waals surface area contributed by atoms with Crippen LogP contribution in [0.25, 0.3) is 0 Å². The number of aliphatic imine (C=N–C) groups is 1. The molecule has 1 fully saturated rings. The summed E-state index contributed by atoms with van der Waals surface area (Å²) in [6, 6.07) is 4.77. The van der Waals surface area contributed by atoms with Gasteiger partial charge < -0.3 is 19.7 Å². The molecule has 2 amide bonds. The summed E-state index contributed by atoms with van der Waals surface area (Å²) in [5, 5.41) is 2.53. The second-order valence-corrected chi connectivity index (χ2v) is 6.93. The average molecular weight is 403 g/mol. The zero-order valence-electron chi connectivity index (χ0n) is 14.0. The molecule has 0 aliphatic carbocycles. The monoisotopic (exact) mass is 403 g/mol. The van der Waals surface area contributed by atoms with E-state index in [-0.39, 0.29) is 18.1 Å². The van der Waals surface area contributed by atoms with Crippen LogP contribution in [0.15, 0.2) is 29.3 Å². The van der Waals surface area contributed by atoms with E-state index < -0.39 is 17.5 Å². The number of carbonyl (C=O) groups is 2. The van der Waals surface area contributed by atoms with E-state index in [1.165, 1.54) is 23.9 Å². The fraction of sp³-hybridized carbons (Fsp3) is 0.438. The molecule has 2 aliphatic rings. The number of alkyl halides is 3. The molecule has 1 atom stereocenters. The van der Waals surface area contributed by atoms with Gasteiger partial charge in [0.1, 0.15) is 11.0 Å². The van der Waals surface area contributed by atoms with Gasteiger partial charge in [-0.15, -0.1) is 13.2 Å². The normalized spacial score (nSPS) is 20.4.